The molecule has 3 N–H and O–H groups in total. The summed E-state index contributed by atoms with van der Waals surface area (Å²) in [5.74, 6) is 2.57. The number of rotatable bonds is 6. The van der Waals surface area contributed by atoms with Crippen molar-refractivity contribution in [1.82, 2.24) is 0 Å². The molecule has 40 heavy (non-hydrogen) atoms. The fraction of sp³-hybridized carbons (Fsp3) is 0.333. The van der Waals surface area contributed by atoms with Crippen LogP contribution in [-0.4, -0.2) is 40.7 Å². The van der Waals surface area contributed by atoms with Gasteiger partial charge in [0.05, 0.1) is 43.0 Å². The number of benzene rings is 3. The van der Waals surface area contributed by atoms with Gasteiger partial charge in [0.25, 0.3) is 0 Å². The van der Waals surface area contributed by atoms with E-state index in [1.54, 1.807) is 45.6 Å². The highest BCUT2D eigenvalue weighted by atomic mass is 79.9. The van der Waals surface area contributed by atoms with Crippen molar-refractivity contribution in [3.05, 3.63) is 98.6 Å². The molecule has 3 rings (SSSR count). The largest absolute Gasteiger partial charge is 0.497 e. The number of aliphatic hydroxyl groups is 1. The zero-order chi connectivity index (χ0) is 30.9. The molecule has 0 unspecified atom stereocenters. The molecule has 10 heteroatoms. The predicted octanol–water partition coefficient (Wildman–Crippen LogP) is 8.15. The summed E-state index contributed by atoms with van der Waals surface area (Å²) in [6.07, 6.45) is 1.88. The number of methoxy groups -OCH3 is 3. The number of nitrogens with zero attached hydrogens (tertiary/aromatic N) is 2. The minimum Gasteiger partial charge on any atom is -0.497 e. The van der Waals surface area contributed by atoms with Gasteiger partial charge < -0.3 is 25.1 Å². The maximum absolute atomic E-state index is 9.96. The normalized spacial score (nSPS) is 8.75. The van der Waals surface area contributed by atoms with Gasteiger partial charge >= 0.3 is 0 Å². The standard InChI is InChI=1S/C10H11NO.C10H15NO.C8H6BrNO.CH3F.CH4O.ClH/c1-4-8-7-9(11-2)5-6-10(8)12-3;1-3-9-6-8(7-11)4-5-10(9)12-2;1-10-6-3-4-8(11-2)7(9)5-6;2*1-2;/h5-7H,4H2,1,3H3;4-6H,3,7,11H2,1-2H3;3-5H,2H3;1H3;2H,1H3;1H/i;;;1D;;. The Labute approximate surface area is 254 Å². The highest BCUT2D eigenvalue weighted by molar-refractivity contribution is 9.10. The Bertz CT molecular complexity index is 1210. The van der Waals surface area contributed by atoms with E-state index in [0.29, 0.717) is 17.9 Å². The van der Waals surface area contributed by atoms with Gasteiger partial charge in [0.2, 0.25) is 0 Å². The lowest BCUT2D eigenvalue weighted by Crippen LogP contribution is -1.98. The van der Waals surface area contributed by atoms with Crippen LogP contribution in [0.1, 0.15) is 31.9 Å². The van der Waals surface area contributed by atoms with Crippen LogP contribution in [0.25, 0.3) is 9.69 Å². The van der Waals surface area contributed by atoms with Crippen LogP contribution < -0.4 is 19.9 Å². The number of nitrogens with two attached hydrogens (primary N) is 1. The van der Waals surface area contributed by atoms with E-state index in [4.69, 9.17) is 39.6 Å². The zero-order valence-corrected chi connectivity index (χ0v) is 26.2. The molecule has 0 saturated carbocycles. The summed E-state index contributed by atoms with van der Waals surface area (Å²) in [7, 11) is 4.93. The van der Waals surface area contributed by atoms with Gasteiger partial charge in [-0.05, 0) is 75.8 Å². The molecule has 0 aliphatic rings. The minimum atomic E-state index is -1.00. The number of hydrogen-bond acceptors (Lipinski definition) is 5. The molecule has 7 nitrogen and oxygen atoms in total. The molecule has 0 aliphatic carbocycles. The summed E-state index contributed by atoms with van der Waals surface area (Å²) in [6.45, 7) is 18.3. The average Bonchev–Trinajstić information content (AvgIpc) is 3.02. The Morgan fingerprint density at radius 3 is 1.60 bits per heavy atom. The molecule has 0 aliphatic heterocycles. The monoisotopic (exact) mass is 640 g/mol. The third-order valence-electron chi connectivity index (χ3n) is 5.00. The maximum atomic E-state index is 9.96. The first kappa shape index (κ1) is 38.8. The summed E-state index contributed by atoms with van der Waals surface area (Å²) in [6, 6.07) is 16.8. The van der Waals surface area contributed by atoms with Crippen LogP contribution in [-0.2, 0) is 19.4 Å². The highest BCUT2D eigenvalue weighted by Crippen LogP contribution is 2.29. The number of halogens is 3. The quantitative estimate of drug-likeness (QED) is 0.266. The van der Waals surface area contributed by atoms with Gasteiger partial charge in [-0.1, -0.05) is 38.1 Å². The van der Waals surface area contributed by atoms with Crippen molar-refractivity contribution in [1.29, 1.82) is 0 Å². The lowest BCUT2D eigenvalue weighted by molar-refractivity contribution is 0.399. The van der Waals surface area contributed by atoms with E-state index >= 15 is 0 Å². The van der Waals surface area contributed by atoms with Crippen LogP contribution in [0, 0.1) is 13.1 Å². The van der Waals surface area contributed by atoms with Crippen LogP contribution in [0.3, 0.4) is 0 Å². The Kier molecular flexibility index (Phi) is 25.1. The van der Waals surface area contributed by atoms with Crippen molar-refractivity contribution in [2.75, 3.05) is 35.6 Å². The zero-order valence-electron chi connectivity index (χ0n) is 24.8. The van der Waals surface area contributed by atoms with E-state index < -0.39 is 7.15 Å². The van der Waals surface area contributed by atoms with Crippen molar-refractivity contribution in [3.8, 4) is 17.2 Å². The highest BCUT2D eigenvalue weighted by Gasteiger charge is 2.02. The number of aryl methyl sites for hydroxylation is 2. The van der Waals surface area contributed by atoms with E-state index in [-0.39, 0.29) is 12.4 Å². The lowest BCUT2D eigenvalue weighted by Gasteiger charge is -2.07. The van der Waals surface area contributed by atoms with Crippen molar-refractivity contribution in [2.45, 2.75) is 33.2 Å². The maximum Gasteiger partial charge on any atom is 0.188 e. The summed E-state index contributed by atoms with van der Waals surface area (Å²) < 4.78 is 31.6. The lowest BCUT2D eigenvalue weighted by atomic mass is 10.1. The second-order valence-corrected chi connectivity index (χ2v) is 7.95. The molecule has 0 aromatic heterocycles. The third kappa shape index (κ3) is 14.7. The molecule has 0 atom stereocenters. The summed E-state index contributed by atoms with van der Waals surface area (Å²) in [5.41, 5.74) is 10.3. The minimum absolute atomic E-state index is 0. The Hall–Kier alpha value is -3.34. The molecule has 0 bridgehead atoms. The van der Waals surface area contributed by atoms with Crippen molar-refractivity contribution < 1.29 is 25.1 Å². The molecular weight excluding hydrogens is 601 g/mol. The topological polar surface area (TPSA) is 82.7 Å². The average molecular weight is 642 g/mol. The number of alkyl halides is 1. The first-order chi connectivity index (χ1) is 19.3. The second-order valence-electron chi connectivity index (χ2n) is 7.10. The van der Waals surface area contributed by atoms with Crippen LogP contribution in [0.15, 0.2) is 59.1 Å². The second kappa shape index (κ2) is 25.9. The van der Waals surface area contributed by atoms with Crippen molar-refractivity contribution in [2.24, 2.45) is 5.73 Å². The Morgan fingerprint density at radius 1 is 0.825 bits per heavy atom. The molecular formula is C30H40BrClFN3O4. The van der Waals surface area contributed by atoms with E-state index in [1.807, 2.05) is 31.2 Å². The van der Waals surface area contributed by atoms with Gasteiger partial charge in [-0.2, -0.15) is 0 Å². The molecule has 0 spiro atoms. The molecule has 220 valence electrons. The van der Waals surface area contributed by atoms with Crippen molar-refractivity contribution in [3.63, 3.8) is 0 Å². The molecule has 0 amide bonds. The molecule has 0 radical (unpaired) electrons. The molecule has 0 saturated heterocycles. The van der Waals surface area contributed by atoms with Gasteiger partial charge in [0.15, 0.2) is 11.4 Å². The number of hydrogen-bond donors (Lipinski definition) is 2. The van der Waals surface area contributed by atoms with Gasteiger partial charge in [0, 0.05) is 18.1 Å². The molecule has 0 fully saturated rings. The first-order valence-electron chi connectivity index (χ1n) is 12.4. The summed E-state index contributed by atoms with van der Waals surface area (Å²) in [4.78, 5) is 6.62. The molecule has 0 heterocycles. The van der Waals surface area contributed by atoms with E-state index in [0.717, 1.165) is 52.8 Å². The van der Waals surface area contributed by atoms with Gasteiger partial charge in [0.1, 0.15) is 17.2 Å². The number of aliphatic hydroxyl groups excluding tert-OH is 1. The van der Waals surface area contributed by atoms with Crippen LogP contribution in [0.4, 0.5) is 15.8 Å². The predicted molar refractivity (Wildman–Crippen MR) is 168 cm³/mol. The smallest absolute Gasteiger partial charge is 0.188 e. The van der Waals surface area contributed by atoms with E-state index in [1.165, 1.54) is 5.56 Å². The summed E-state index contributed by atoms with van der Waals surface area (Å²) in [5, 5.41) is 7.00. The van der Waals surface area contributed by atoms with E-state index in [2.05, 4.69) is 38.6 Å². The Morgan fingerprint density at radius 2 is 1.23 bits per heavy atom. The summed E-state index contributed by atoms with van der Waals surface area (Å²) >= 11 is 3.28. The third-order valence-corrected chi connectivity index (χ3v) is 5.62. The fourth-order valence-electron chi connectivity index (χ4n) is 3.07. The molecule has 3 aromatic carbocycles. The SMILES string of the molecule is CCc1cc(CN)ccc1OC.CO.Cl.[2H]CF.[C-]#[N+]c1ccc(OC)c(Br)c1.[C-]#[N+]c1ccc(OC)c(CC)c1. The van der Waals surface area contributed by atoms with E-state index in [9.17, 15) is 4.39 Å². The first-order valence-corrected chi connectivity index (χ1v) is 12.5. The van der Waals surface area contributed by atoms with Crippen LogP contribution in [0.2, 0.25) is 0 Å². The van der Waals surface area contributed by atoms with Gasteiger partial charge in [-0.3, -0.25) is 4.39 Å². The van der Waals surface area contributed by atoms with Gasteiger partial charge in [-0.25, -0.2) is 9.69 Å². The van der Waals surface area contributed by atoms with Crippen LogP contribution in [0.5, 0.6) is 17.2 Å². The van der Waals surface area contributed by atoms with Gasteiger partial charge in [-0.15, -0.1) is 12.4 Å². The number of ether oxygens (including phenoxy) is 3. The Balaban J connectivity index is -0.000000484. The fourth-order valence-corrected chi connectivity index (χ4v) is 3.60. The molecule has 3 aromatic rings. The van der Waals surface area contributed by atoms with Crippen LogP contribution >= 0.6 is 28.3 Å². The van der Waals surface area contributed by atoms with Crippen molar-refractivity contribution >= 4 is 39.7 Å².